The van der Waals surface area contributed by atoms with E-state index in [4.69, 9.17) is 5.73 Å². The van der Waals surface area contributed by atoms with Crippen molar-refractivity contribution >= 4 is 43.4 Å². The minimum Gasteiger partial charge on any atom is -0.323 e. The summed E-state index contributed by atoms with van der Waals surface area (Å²) in [6.07, 6.45) is 0.840. The maximum atomic E-state index is 6.29. The summed E-state index contributed by atoms with van der Waals surface area (Å²) in [5, 5.41) is 3.28. The average molecular weight is 294 g/mol. The standard InChI is InChI=1S/C13H14N2S3/c1-7-8(2)17-13(15-7)5-9(14)11-6-12-10(18-11)3-4-16-12/h3-4,6,9H,5,14H2,1-2H3. The van der Waals surface area contributed by atoms with E-state index in [-0.39, 0.29) is 6.04 Å². The van der Waals surface area contributed by atoms with Gasteiger partial charge in [-0.1, -0.05) is 0 Å². The van der Waals surface area contributed by atoms with Crippen LogP contribution in [-0.4, -0.2) is 4.98 Å². The molecule has 0 saturated carbocycles. The molecule has 0 aromatic carbocycles. The van der Waals surface area contributed by atoms with Crippen molar-refractivity contribution in [3.63, 3.8) is 0 Å². The molecular weight excluding hydrogens is 280 g/mol. The summed E-state index contributed by atoms with van der Waals surface area (Å²) in [5.74, 6) is 0. The zero-order valence-electron chi connectivity index (χ0n) is 10.3. The van der Waals surface area contributed by atoms with E-state index in [0.717, 1.165) is 17.1 Å². The maximum absolute atomic E-state index is 6.29. The lowest BCUT2D eigenvalue weighted by Gasteiger charge is -2.06. The molecule has 1 atom stereocenters. The minimum absolute atomic E-state index is 0.0690. The van der Waals surface area contributed by atoms with Gasteiger partial charge in [0.1, 0.15) is 0 Å². The molecule has 0 aliphatic rings. The van der Waals surface area contributed by atoms with Crippen LogP contribution < -0.4 is 5.73 Å². The van der Waals surface area contributed by atoms with Crippen LogP contribution in [-0.2, 0) is 6.42 Å². The summed E-state index contributed by atoms with van der Waals surface area (Å²) in [6.45, 7) is 4.17. The van der Waals surface area contributed by atoms with Gasteiger partial charge in [0.05, 0.1) is 10.7 Å². The van der Waals surface area contributed by atoms with Crippen LogP contribution in [0.4, 0.5) is 0 Å². The molecule has 0 saturated heterocycles. The molecule has 3 rings (SSSR count). The summed E-state index contributed by atoms with van der Waals surface area (Å²) >= 11 is 5.35. The Bertz CT molecular complexity index is 629. The summed E-state index contributed by atoms with van der Waals surface area (Å²) in [7, 11) is 0. The summed E-state index contributed by atoms with van der Waals surface area (Å²) in [6, 6.07) is 4.46. The second kappa shape index (κ2) is 4.74. The normalized spacial score (nSPS) is 13.3. The molecule has 5 heteroatoms. The molecule has 2 nitrogen and oxygen atoms in total. The molecule has 3 aromatic rings. The number of hydrogen-bond donors (Lipinski definition) is 1. The van der Waals surface area contributed by atoms with Gasteiger partial charge < -0.3 is 5.73 Å². The number of aryl methyl sites for hydroxylation is 2. The van der Waals surface area contributed by atoms with Crippen LogP contribution in [0.5, 0.6) is 0 Å². The van der Waals surface area contributed by atoms with Gasteiger partial charge in [0.2, 0.25) is 0 Å². The molecule has 3 aromatic heterocycles. The van der Waals surface area contributed by atoms with Gasteiger partial charge in [-0.2, -0.15) is 0 Å². The van der Waals surface area contributed by atoms with Gasteiger partial charge in [-0.25, -0.2) is 4.98 Å². The van der Waals surface area contributed by atoms with Crippen LogP contribution in [0.25, 0.3) is 9.40 Å². The molecule has 18 heavy (non-hydrogen) atoms. The molecule has 0 fully saturated rings. The number of aromatic nitrogens is 1. The number of nitrogens with two attached hydrogens (primary N) is 1. The Morgan fingerprint density at radius 2 is 2.11 bits per heavy atom. The molecule has 2 N–H and O–H groups in total. The van der Waals surface area contributed by atoms with Crippen molar-refractivity contribution in [3.05, 3.63) is 38.0 Å². The first-order chi connectivity index (χ1) is 8.63. The Kier molecular flexibility index (Phi) is 3.23. The Hall–Kier alpha value is -0.750. The first kappa shape index (κ1) is 12.3. The summed E-state index contributed by atoms with van der Waals surface area (Å²) in [5.41, 5.74) is 7.42. The van der Waals surface area contributed by atoms with Crippen LogP contribution in [0.2, 0.25) is 0 Å². The molecule has 94 valence electrons. The van der Waals surface area contributed by atoms with E-state index in [1.54, 1.807) is 34.0 Å². The Morgan fingerprint density at radius 1 is 1.28 bits per heavy atom. The lowest BCUT2D eigenvalue weighted by atomic mass is 10.2. The Morgan fingerprint density at radius 3 is 2.78 bits per heavy atom. The molecule has 3 heterocycles. The summed E-state index contributed by atoms with van der Waals surface area (Å²) < 4.78 is 2.69. The largest absolute Gasteiger partial charge is 0.323 e. The zero-order valence-corrected chi connectivity index (χ0v) is 12.7. The fourth-order valence-electron chi connectivity index (χ4n) is 1.88. The monoisotopic (exact) mass is 294 g/mol. The smallest absolute Gasteiger partial charge is 0.0950 e. The molecule has 0 amide bonds. The highest BCUT2D eigenvalue weighted by Gasteiger charge is 2.14. The number of nitrogens with zero attached hydrogens (tertiary/aromatic N) is 1. The molecule has 0 radical (unpaired) electrons. The van der Waals surface area contributed by atoms with Crippen LogP contribution in [0.15, 0.2) is 17.5 Å². The van der Waals surface area contributed by atoms with Crippen molar-refractivity contribution in [2.24, 2.45) is 5.73 Å². The molecule has 0 bridgehead atoms. The lowest BCUT2D eigenvalue weighted by molar-refractivity contribution is 0.731. The Labute approximate surface area is 118 Å². The third-order valence-corrected chi connectivity index (χ3v) is 6.31. The molecule has 0 aliphatic heterocycles. The van der Waals surface area contributed by atoms with Crippen LogP contribution in [0, 0.1) is 13.8 Å². The third kappa shape index (κ3) is 2.23. The van der Waals surface area contributed by atoms with Crippen molar-refractivity contribution in [1.82, 2.24) is 4.98 Å². The molecular formula is C13H14N2S3. The SMILES string of the molecule is Cc1nc(CC(N)c2cc3sccc3s2)sc1C. The predicted octanol–water partition coefficient (Wildman–Crippen LogP) is 4.28. The molecule has 1 unspecified atom stereocenters. The van der Waals surface area contributed by atoms with Crippen LogP contribution in [0.1, 0.15) is 26.5 Å². The maximum Gasteiger partial charge on any atom is 0.0950 e. The molecule has 0 spiro atoms. The van der Waals surface area contributed by atoms with E-state index >= 15 is 0 Å². The van der Waals surface area contributed by atoms with E-state index in [9.17, 15) is 0 Å². The molecule has 0 aliphatic carbocycles. The second-order valence-electron chi connectivity index (χ2n) is 4.36. The number of fused-ring (bicyclic) bond motifs is 1. The average Bonchev–Trinajstić information content (AvgIpc) is 2.94. The first-order valence-electron chi connectivity index (χ1n) is 5.79. The van der Waals surface area contributed by atoms with E-state index in [2.05, 4.69) is 36.3 Å². The minimum atomic E-state index is 0.0690. The first-order valence-corrected chi connectivity index (χ1v) is 8.30. The third-order valence-electron chi connectivity index (χ3n) is 2.99. The van der Waals surface area contributed by atoms with E-state index < -0.39 is 0 Å². The van der Waals surface area contributed by atoms with Gasteiger partial charge in [0, 0.05) is 31.6 Å². The van der Waals surface area contributed by atoms with Crippen molar-refractivity contribution in [2.75, 3.05) is 0 Å². The van der Waals surface area contributed by atoms with Gasteiger partial charge in [-0.15, -0.1) is 34.0 Å². The van der Waals surface area contributed by atoms with Crippen molar-refractivity contribution in [2.45, 2.75) is 26.3 Å². The quantitative estimate of drug-likeness (QED) is 0.783. The van der Waals surface area contributed by atoms with E-state index in [0.29, 0.717) is 0 Å². The summed E-state index contributed by atoms with van der Waals surface area (Å²) in [4.78, 5) is 7.12. The number of thiophene rings is 2. The lowest BCUT2D eigenvalue weighted by Crippen LogP contribution is -2.11. The van der Waals surface area contributed by atoms with E-state index in [1.807, 2.05) is 0 Å². The van der Waals surface area contributed by atoms with Crippen molar-refractivity contribution in [3.8, 4) is 0 Å². The van der Waals surface area contributed by atoms with Gasteiger partial charge in [0.15, 0.2) is 0 Å². The zero-order chi connectivity index (χ0) is 12.7. The van der Waals surface area contributed by atoms with Gasteiger partial charge in [0.25, 0.3) is 0 Å². The highest BCUT2D eigenvalue weighted by atomic mass is 32.1. The van der Waals surface area contributed by atoms with E-state index in [1.165, 1.54) is 19.2 Å². The fourth-order valence-corrected chi connectivity index (χ4v) is 5.00. The van der Waals surface area contributed by atoms with Crippen molar-refractivity contribution < 1.29 is 0 Å². The number of rotatable bonds is 3. The highest BCUT2D eigenvalue weighted by molar-refractivity contribution is 7.27. The number of hydrogen-bond acceptors (Lipinski definition) is 5. The van der Waals surface area contributed by atoms with Crippen LogP contribution in [0.3, 0.4) is 0 Å². The van der Waals surface area contributed by atoms with Crippen LogP contribution >= 0.6 is 34.0 Å². The topological polar surface area (TPSA) is 38.9 Å². The van der Waals surface area contributed by atoms with Gasteiger partial charge >= 0.3 is 0 Å². The Balaban J connectivity index is 1.82. The number of thiazole rings is 1. The van der Waals surface area contributed by atoms with Gasteiger partial charge in [-0.3, -0.25) is 0 Å². The predicted molar refractivity (Wildman–Crippen MR) is 81.9 cm³/mol. The van der Waals surface area contributed by atoms with Gasteiger partial charge in [-0.05, 0) is 31.4 Å². The second-order valence-corrected chi connectivity index (χ2v) is 7.71. The van der Waals surface area contributed by atoms with Crippen molar-refractivity contribution in [1.29, 1.82) is 0 Å². The highest BCUT2D eigenvalue weighted by Crippen LogP contribution is 2.34. The fraction of sp³-hybridized carbons (Fsp3) is 0.308.